The molecule has 0 unspecified atom stereocenters. The molecule has 6 nitrogen and oxygen atoms in total. The minimum Gasteiger partial charge on any atom is -0.358 e. The van der Waals surface area contributed by atoms with Gasteiger partial charge in [-0.3, -0.25) is 0 Å². The van der Waals surface area contributed by atoms with Gasteiger partial charge >= 0.3 is 5.82 Å². The fourth-order valence-electron chi connectivity index (χ4n) is 7.26. The van der Waals surface area contributed by atoms with Crippen LogP contribution >= 0.6 is 0 Å². The Morgan fingerprint density at radius 3 is 1.22 bits per heavy atom. The molecule has 0 spiro atoms. The Morgan fingerprint density at radius 1 is 0.500 bits per heavy atom. The van der Waals surface area contributed by atoms with Crippen molar-refractivity contribution in [2.24, 2.45) is 0 Å². The molecule has 0 saturated heterocycles. The Labute approximate surface area is 290 Å². The number of anilines is 6. The predicted octanol–water partition coefficient (Wildman–Crippen LogP) is 11.0. The maximum atomic E-state index is 9.92. The predicted molar refractivity (Wildman–Crippen MR) is 199 cm³/mol. The van der Waals surface area contributed by atoms with E-state index in [1.165, 1.54) is 22.3 Å². The molecule has 0 fully saturated rings. The van der Waals surface area contributed by atoms with Crippen molar-refractivity contribution in [2.45, 2.75) is 12.8 Å². The highest BCUT2D eigenvalue weighted by Gasteiger charge is 2.26. The third-order valence-corrected chi connectivity index (χ3v) is 9.58. The van der Waals surface area contributed by atoms with Crippen molar-refractivity contribution in [3.8, 4) is 28.6 Å². The molecular formula is C44H28N6. The third-order valence-electron chi connectivity index (χ3n) is 9.58. The van der Waals surface area contributed by atoms with Crippen LogP contribution in [0.15, 0.2) is 146 Å². The van der Waals surface area contributed by atoms with Crippen molar-refractivity contribution >= 4 is 39.9 Å². The molecule has 0 bridgehead atoms. The average molecular weight is 641 g/mol. The van der Waals surface area contributed by atoms with Gasteiger partial charge in [-0.25, -0.2) is 4.98 Å². The van der Waals surface area contributed by atoms with Gasteiger partial charge in [0.05, 0.1) is 0 Å². The summed E-state index contributed by atoms with van der Waals surface area (Å²) in [7, 11) is 0. The summed E-state index contributed by atoms with van der Waals surface area (Å²) in [5.41, 5.74) is 14.5. The lowest BCUT2D eigenvalue weighted by atomic mass is 9.94. The monoisotopic (exact) mass is 640 g/mol. The highest BCUT2D eigenvalue weighted by atomic mass is 15.2. The van der Waals surface area contributed by atoms with Gasteiger partial charge in [0.15, 0.2) is 11.4 Å². The highest BCUT2D eigenvalue weighted by Crippen LogP contribution is 2.46. The first kappa shape index (κ1) is 29.1. The van der Waals surface area contributed by atoms with Gasteiger partial charge in [-0.1, -0.05) is 91.5 Å². The molecule has 0 aliphatic carbocycles. The lowest BCUT2D eigenvalue weighted by molar-refractivity contribution is 1.09. The maximum Gasteiger partial charge on any atom is 0.307 e. The number of hydrogen-bond donors (Lipinski definition) is 0. The summed E-state index contributed by atoms with van der Waals surface area (Å²) < 4.78 is 0. The Morgan fingerprint density at radius 2 is 0.860 bits per heavy atom. The Hall–Kier alpha value is -7.02. The number of benzene rings is 6. The van der Waals surface area contributed by atoms with E-state index in [0.29, 0.717) is 11.4 Å². The molecule has 2 aliphatic heterocycles. The molecule has 9 rings (SSSR count). The maximum absolute atomic E-state index is 9.92. The zero-order valence-electron chi connectivity index (χ0n) is 27.0. The first-order valence-electron chi connectivity index (χ1n) is 16.5. The summed E-state index contributed by atoms with van der Waals surface area (Å²) in [5, 5.41) is 9.92. The Balaban J connectivity index is 1.13. The van der Waals surface area contributed by atoms with Crippen molar-refractivity contribution < 1.29 is 0 Å². The number of aromatic nitrogens is 2. The zero-order chi connectivity index (χ0) is 33.6. The van der Waals surface area contributed by atoms with Crippen molar-refractivity contribution in [3.63, 3.8) is 0 Å². The second kappa shape index (κ2) is 11.9. The lowest BCUT2D eigenvalue weighted by Gasteiger charge is -2.33. The van der Waals surface area contributed by atoms with Crippen molar-refractivity contribution in [2.75, 3.05) is 9.80 Å². The van der Waals surface area contributed by atoms with Gasteiger partial charge < -0.3 is 14.6 Å². The van der Waals surface area contributed by atoms with Crippen molar-refractivity contribution in [1.29, 1.82) is 5.26 Å². The van der Waals surface area contributed by atoms with Crippen molar-refractivity contribution in [3.05, 3.63) is 185 Å². The van der Waals surface area contributed by atoms with Crippen LogP contribution in [0.4, 0.5) is 39.9 Å². The minimum absolute atomic E-state index is 0.00707. The minimum atomic E-state index is -0.00707. The van der Waals surface area contributed by atoms with Gasteiger partial charge in [0.25, 0.3) is 0 Å². The summed E-state index contributed by atoms with van der Waals surface area (Å²) >= 11 is 0. The molecule has 6 aromatic carbocycles. The molecule has 3 heterocycles. The number of para-hydroxylation sites is 4. The summed E-state index contributed by atoms with van der Waals surface area (Å²) in [5.74, 6) is -0.00707. The Kier molecular flexibility index (Phi) is 6.93. The normalized spacial score (nSPS) is 12.5. The van der Waals surface area contributed by atoms with E-state index < -0.39 is 0 Å². The van der Waals surface area contributed by atoms with E-state index in [0.717, 1.165) is 58.1 Å². The molecule has 0 N–H and O–H groups in total. The van der Waals surface area contributed by atoms with Crippen LogP contribution in [0.3, 0.4) is 0 Å². The van der Waals surface area contributed by atoms with E-state index in [4.69, 9.17) is 16.5 Å². The van der Waals surface area contributed by atoms with Crippen LogP contribution in [-0.2, 0) is 12.8 Å². The molecular weight excluding hydrogens is 613 g/mol. The van der Waals surface area contributed by atoms with Crippen LogP contribution in [0.2, 0.25) is 0 Å². The van der Waals surface area contributed by atoms with Gasteiger partial charge in [-0.15, -0.1) is 4.98 Å². The fourth-order valence-corrected chi connectivity index (χ4v) is 7.26. The van der Waals surface area contributed by atoms with E-state index >= 15 is 0 Å². The molecule has 1 aromatic heterocycles. The van der Waals surface area contributed by atoms with Crippen LogP contribution in [0.25, 0.3) is 27.4 Å². The molecule has 50 heavy (non-hydrogen) atoms. The first-order valence-corrected chi connectivity index (χ1v) is 16.5. The summed E-state index contributed by atoms with van der Waals surface area (Å²) in [6.07, 6.45) is 1.78. The quantitative estimate of drug-likeness (QED) is 0.179. The standard InChI is InChI=1S/C44H28N6/c1-46-44-37(28-45)47-42(29-18-22-35(23-19-29)49-38-14-6-2-10-31(38)26-32-11-3-7-15-39(32)49)43(48-44)30-20-24-36(25-21-30)50-40-16-8-4-12-33(40)27-34-13-5-9-17-41(34)50/h2-25H,26-27H2. The summed E-state index contributed by atoms with van der Waals surface area (Å²) in [6.45, 7) is 7.75. The van der Waals surface area contributed by atoms with Crippen LogP contribution in [0.1, 0.15) is 27.9 Å². The molecule has 6 heteroatoms. The molecule has 2 aliphatic rings. The van der Waals surface area contributed by atoms with E-state index in [-0.39, 0.29) is 11.5 Å². The number of nitrogens with zero attached hydrogens (tertiary/aromatic N) is 6. The average Bonchev–Trinajstić information content (AvgIpc) is 3.18. The second-order valence-electron chi connectivity index (χ2n) is 12.4. The summed E-state index contributed by atoms with van der Waals surface area (Å²) in [6, 6.07) is 52.6. The number of rotatable bonds is 4. The number of nitriles is 1. The van der Waals surface area contributed by atoms with Crippen LogP contribution < -0.4 is 9.80 Å². The van der Waals surface area contributed by atoms with Crippen LogP contribution in [0, 0.1) is 17.9 Å². The van der Waals surface area contributed by atoms with Gasteiger partial charge in [-0.2, -0.15) is 5.26 Å². The summed E-state index contributed by atoms with van der Waals surface area (Å²) in [4.78, 5) is 17.6. The van der Waals surface area contributed by atoms with E-state index in [1.807, 2.05) is 24.3 Å². The molecule has 0 saturated carbocycles. The van der Waals surface area contributed by atoms with Gasteiger partial charge in [-0.05, 0) is 82.9 Å². The third kappa shape index (κ3) is 4.79. The van der Waals surface area contributed by atoms with E-state index in [9.17, 15) is 5.26 Å². The SMILES string of the molecule is [C-]#[N+]c1nc(-c2ccc(N3c4ccccc4Cc4ccccc43)cc2)c(-c2ccc(N3c4ccccc4Cc4ccccc43)cc2)nc1C#N. The van der Waals surface area contributed by atoms with E-state index in [2.05, 4.69) is 142 Å². The zero-order valence-corrected chi connectivity index (χ0v) is 27.0. The van der Waals surface area contributed by atoms with Crippen LogP contribution in [-0.4, -0.2) is 9.97 Å². The molecule has 0 radical (unpaired) electrons. The van der Waals surface area contributed by atoms with Gasteiger partial charge in [0.1, 0.15) is 11.8 Å². The highest BCUT2D eigenvalue weighted by molar-refractivity contribution is 5.88. The second-order valence-corrected chi connectivity index (χ2v) is 12.4. The number of fused-ring (bicyclic) bond motifs is 4. The number of hydrogen-bond acceptors (Lipinski definition) is 5. The lowest BCUT2D eigenvalue weighted by Crippen LogP contribution is -2.18. The molecule has 0 amide bonds. The fraction of sp³-hybridized carbons (Fsp3) is 0.0455. The smallest absolute Gasteiger partial charge is 0.307 e. The molecule has 234 valence electrons. The topological polar surface area (TPSA) is 60.4 Å². The van der Waals surface area contributed by atoms with Crippen LogP contribution in [0.5, 0.6) is 0 Å². The largest absolute Gasteiger partial charge is 0.358 e. The van der Waals surface area contributed by atoms with Gasteiger partial charge in [0.2, 0.25) is 0 Å². The molecule has 7 aromatic rings. The van der Waals surface area contributed by atoms with Gasteiger partial charge in [0, 0.05) is 58.1 Å². The Bertz CT molecular complexity index is 2250. The first-order chi connectivity index (χ1) is 24.7. The molecule has 0 atom stereocenters. The van der Waals surface area contributed by atoms with E-state index in [1.54, 1.807) is 0 Å². The van der Waals surface area contributed by atoms with Crippen molar-refractivity contribution in [1.82, 2.24) is 9.97 Å².